The lowest BCUT2D eigenvalue weighted by Gasteiger charge is -2.32. The van der Waals surface area contributed by atoms with Crippen molar-refractivity contribution >= 4 is 12.1 Å². The van der Waals surface area contributed by atoms with Crippen LogP contribution in [-0.2, 0) is 15.0 Å². The van der Waals surface area contributed by atoms with Gasteiger partial charge in [0.25, 0.3) is 0 Å². The van der Waals surface area contributed by atoms with E-state index in [2.05, 4.69) is 0 Å². The van der Waals surface area contributed by atoms with E-state index in [9.17, 15) is 9.59 Å². The quantitative estimate of drug-likeness (QED) is 0.670. The summed E-state index contributed by atoms with van der Waals surface area (Å²) in [7, 11) is 0. The van der Waals surface area contributed by atoms with Crippen molar-refractivity contribution in [2.75, 3.05) is 0 Å². The lowest BCUT2D eigenvalue weighted by atomic mass is 9.69. The number of carbonyl (C=O) groups is 2. The van der Waals surface area contributed by atoms with E-state index in [1.54, 1.807) is 0 Å². The zero-order valence-corrected chi connectivity index (χ0v) is 8.81. The molecule has 1 heterocycles. The molecule has 1 aromatic carbocycles. The van der Waals surface area contributed by atoms with Gasteiger partial charge in [-0.15, -0.1) is 0 Å². The standard InChI is InChI=1S/C13H12O3/c14-8-13-6-5-9(15)7-12(13)16-11-4-2-1-3-10(11)13/h1-4,8,12H,5-7H2/t12-,13+/m0/s1. The van der Waals surface area contributed by atoms with Crippen LogP contribution in [0.2, 0.25) is 0 Å². The molecule has 0 spiro atoms. The van der Waals surface area contributed by atoms with Crippen molar-refractivity contribution in [3.63, 3.8) is 0 Å². The summed E-state index contributed by atoms with van der Waals surface area (Å²) >= 11 is 0. The molecule has 0 saturated heterocycles. The summed E-state index contributed by atoms with van der Waals surface area (Å²) < 4.78 is 5.72. The predicted molar refractivity (Wildman–Crippen MR) is 57.5 cm³/mol. The third kappa shape index (κ3) is 1.08. The number of carbonyl (C=O) groups excluding carboxylic acids is 2. The van der Waals surface area contributed by atoms with Crippen molar-refractivity contribution in [1.29, 1.82) is 0 Å². The summed E-state index contributed by atoms with van der Waals surface area (Å²) in [5.41, 5.74) is 0.368. The molecule has 82 valence electrons. The first-order valence-corrected chi connectivity index (χ1v) is 5.50. The fraction of sp³-hybridized carbons (Fsp3) is 0.385. The minimum atomic E-state index is -0.579. The van der Waals surface area contributed by atoms with Crippen molar-refractivity contribution in [2.24, 2.45) is 0 Å². The second-order valence-electron chi connectivity index (χ2n) is 4.50. The number of ketones is 1. The SMILES string of the molecule is O=C[C@@]12CCC(=O)C[C@@H]1Oc1ccccc12. The maximum Gasteiger partial charge on any atom is 0.136 e. The molecule has 0 bridgehead atoms. The van der Waals surface area contributed by atoms with E-state index in [1.807, 2.05) is 24.3 Å². The third-order valence-corrected chi connectivity index (χ3v) is 3.67. The topological polar surface area (TPSA) is 43.4 Å². The van der Waals surface area contributed by atoms with E-state index in [1.165, 1.54) is 0 Å². The Morgan fingerprint density at radius 1 is 1.38 bits per heavy atom. The smallest absolute Gasteiger partial charge is 0.136 e. The lowest BCUT2D eigenvalue weighted by Crippen LogP contribution is -2.44. The second kappa shape index (κ2) is 3.17. The van der Waals surface area contributed by atoms with Gasteiger partial charge < -0.3 is 9.53 Å². The summed E-state index contributed by atoms with van der Waals surface area (Å²) in [5, 5.41) is 0. The first kappa shape index (κ1) is 9.58. The van der Waals surface area contributed by atoms with Crippen molar-refractivity contribution in [3.05, 3.63) is 29.8 Å². The first-order valence-electron chi connectivity index (χ1n) is 5.50. The molecule has 2 aliphatic rings. The molecule has 0 N–H and O–H groups in total. The van der Waals surface area contributed by atoms with Crippen molar-refractivity contribution in [2.45, 2.75) is 30.8 Å². The molecule has 3 heteroatoms. The summed E-state index contributed by atoms with van der Waals surface area (Å²) in [6.45, 7) is 0. The number of rotatable bonds is 1. The molecule has 2 atom stereocenters. The van der Waals surface area contributed by atoms with E-state index >= 15 is 0 Å². The molecule has 1 fully saturated rings. The summed E-state index contributed by atoms with van der Waals surface area (Å²) in [5.74, 6) is 0.949. The van der Waals surface area contributed by atoms with E-state index in [-0.39, 0.29) is 11.9 Å². The molecule has 0 unspecified atom stereocenters. The fourth-order valence-corrected chi connectivity index (χ4v) is 2.76. The Kier molecular flexibility index (Phi) is 1.90. The van der Waals surface area contributed by atoms with Crippen LogP contribution in [0.4, 0.5) is 0 Å². The van der Waals surface area contributed by atoms with Crippen LogP contribution in [-0.4, -0.2) is 18.2 Å². The summed E-state index contributed by atoms with van der Waals surface area (Å²) in [4.78, 5) is 22.9. The van der Waals surface area contributed by atoms with Gasteiger partial charge in [-0.3, -0.25) is 4.79 Å². The van der Waals surface area contributed by atoms with Crippen LogP contribution in [0.15, 0.2) is 24.3 Å². The third-order valence-electron chi connectivity index (χ3n) is 3.67. The number of aldehydes is 1. The van der Waals surface area contributed by atoms with Gasteiger partial charge in [0, 0.05) is 18.4 Å². The molecule has 1 aliphatic carbocycles. The zero-order chi connectivity index (χ0) is 11.2. The van der Waals surface area contributed by atoms with Gasteiger partial charge in [-0.25, -0.2) is 0 Å². The van der Waals surface area contributed by atoms with Gasteiger partial charge in [0.05, 0.1) is 5.41 Å². The Labute approximate surface area is 93.4 Å². The first-order chi connectivity index (χ1) is 7.76. The number of ether oxygens (including phenoxy) is 1. The lowest BCUT2D eigenvalue weighted by molar-refractivity contribution is -0.127. The maximum absolute atomic E-state index is 11.4. The number of fused-ring (bicyclic) bond motifs is 3. The van der Waals surface area contributed by atoms with E-state index in [4.69, 9.17) is 4.74 Å². The molecule has 0 aromatic heterocycles. The monoisotopic (exact) mass is 216 g/mol. The molecule has 1 aliphatic heterocycles. The van der Waals surface area contributed by atoms with Crippen LogP contribution in [0, 0.1) is 0 Å². The van der Waals surface area contributed by atoms with E-state index in [0.29, 0.717) is 19.3 Å². The highest BCUT2D eigenvalue weighted by Crippen LogP contribution is 2.48. The Bertz CT molecular complexity index is 466. The second-order valence-corrected chi connectivity index (χ2v) is 4.50. The molecule has 16 heavy (non-hydrogen) atoms. The molecule has 0 amide bonds. The highest BCUT2D eigenvalue weighted by Gasteiger charge is 2.51. The molecule has 0 radical (unpaired) electrons. The number of Topliss-reactive ketones (excluding diaryl/α,β-unsaturated/α-hetero) is 1. The maximum atomic E-state index is 11.4. The molecule has 1 aromatic rings. The number of benzene rings is 1. The van der Waals surface area contributed by atoms with Crippen LogP contribution in [0.3, 0.4) is 0 Å². The van der Waals surface area contributed by atoms with Crippen LogP contribution < -0.4 is 4.74 Å². The van der Waals surface area contributed by atoms with E-state index in [0.717, 1.165) is 17.6 Å². The minimum Gasteiger partial charge on any atom is -0.488 e. The Balaban J connectivity index is 2.13. The van der Waals surface area contributed by atoms with Crippen LogP contribution in [0.5, 0.6) is 5.75 Å². The minimum absolute atomic E-state index is 0.190. The molecule has 1 saturated carbocycles. The van der Waals surface area contributed by atoms with Gasteiger partial charge in [0.2, 0.25) is 0 Å². The predicted octanol–water partition coefficient (Wildman–Crippen LogP) is 1.64. The van der Waals surface area contributed by atoms with Crippen molar-refractivity contribution < 1.29 is 14.3 Å². The highest BCUT2D eigenvalue weighted by molar-refractivity contribution is 5.85. The molecule has 3 nitrogen and oxygen atoms in total. The number of hydrogen-bond donors (Lipinski definition) is 0. The number of para-hydroxylation sites is 1. The largest absolute Gasteiger partial charge is 0.488 e. The average molecular weight is 216 g/mol. The van der Waals surface area contributed by atoms with Gasteiger partial charge in [-0.1, -0.05) is 18.2 Å². The van der Waals surface area contributed by atoms with Gasteiger partial charge in [-0.2, -0.15) is 0 Å². The molecular formula is C13H12O3. The van der Waals surface area contributed by atoms with Gasteiger partial charge in [0.15, 0.2) is 0 Å². The Hall–Kier alpha value is -1.64. The molecule has 3 rings (SSSR count). The number of hydrogen-bond acceptors (Lipinski definition) is 3. The van der Waals surface area contributed by atoms with Gasteiger partial charge >= 0.3 is 0 Å². The van der Waals surface area contributed by atoms with Crippen LogP contribution in [0.1, 0.15) is 24.8 Å². The van der Waals surface area contributed by atoms with E-state index < -0.39 is 5.41 Å². The highest BCUT2D eigenvalue weighted by atomic mass is 16.5. The van der Waals surface area contributed by atoms with Crippen molar-refractivity contribution in [1.82, 2.24) is 0 Å². The Morgan fingerprint density at radius 3 is 3.00 bits per heavy atom. The normalized spacial score (nSPS) is 31.5. The summed E-state index contributed by atoms with van der Waals surface area (Å²) in [6.07, 6.45) is 2.09. The Morgan fingerprint density at radius 2 is 2.19 bits per heavy atom. The van der Waals surface area contributed by atoms with Gasteiger partial charge in [-0.05, 0) is 12.5 Å². The van der Waals surface area contributed by atoms with Crippen LogP contribution >= 0.6 is 0 Å². The fourth-order valence-electron chi connectivity index (χ4n) is 2.76. The zero-order valence-electron chi connectivity index (χ0n) is 8.81. The summed E-state index contributed by atoms with van der Waals surface area (Å²) in [6, 6.07) is 7.59. The van der Waals surface area contributed by atoms with Crippen LogP contribution in [0.25, 0.3) is 0 Å². The van der Waals surface area contributed by atoms with Crippen molar-refractivity contribution in [3.8, 4) is 5.75 Å². The molecular weight excluding hydrogens is 204 g/mol. The average Bonchev–Trinajstić information content (AvgIpc) is 2.63. The van der Waals surface area contributed by atoms with Gasteiger partial charge in [0.1, 0.15) is 23.9 Å².